The SMILES string of the molecule is C=C1N(C)C(=O)C2=C(CC(C)=C(C(=O)OCC)C2CC(C)C)N1C.C=C1N(C)C(=O)C2=C(CC(C)=C(C(=O)OCC)C2c2ccc(O)c(OC)c2)N1C.C=C1N(C)C(=O)C2=C(CC(C)=C(C(=O)OCC)C2c2cccc(Oc3ccccc3)c2)N1C.C=C1N(C)C(=O)C2=C(CC(C)=C(C(=O)OCC)C2c2ccccc2)N1C.C=C1N(C)C(=O)C2=C(CC(c3ccccc3)=C(C(=O)OCC)C2c2cccc(Oc3ccccc3)c2)N1C. The Hall–Kier alpha value is -16.5. The predicted octanol–water partition coefficient (Wildman–Crippen LogP) is 20.2. The zero-order valence-electron chi connectivity index (χ0n) is 89.9. The standard InChI is InChI=1S/C32H30N2O4.C27H28N2O4.C22H26N2O5.C21H24N2O3.C19H28N2O3/c1-5-37-32(36)29-26(22-13-8-6-9-14-22)20-27-30(31(35)34(4)21(2)33(27)3)28(29)23-15-12-18-25(19-23)38-24-16-10-7-11-17-24;1-6-32-27(31)23-17(2)15-22-25(26(30)29(5)18(3)28(22)4)24(23)19-11-10-14-21(16-19)33-20-12-8-7-9-13-20;1-7-29-22(27)18-12(2)10-15-20(21(26)24(5)13(3)23(15)4)19(18)14-8-9-16(25)17(11-14)28-6;1-6-26-21(25)17-13(2)12-16-19(18(17)15-10-8-7-9-11-15)20(24)23(5)14(3)22(16)4;1-8-24-19(23)16-12(4)10-15-17(14(16)9-11(2)3)18(22)21(7)13(5)20(15)6/h6-19,28H,2,5,20H2,1,3-4H3;7-14,16,24H,3,6,15H2,1-2,4-5H3;8-9,11,19,25H,3,7,10H2,1-2,4-6H3;7-11,18H,3,6,12H2,1-2,4-5H3;11,14H,5,8-10H2,1-4,6-7H3. The zero-order chi connectivity index (χ0) is 109. The molecule has 5 aliphatic carbocycles. The number of phenolic OH excluding ortho intramolecular Hbond substituents is 1. The monoisotopic (exact) mass is 2030 g/mol. The number of para-hydroxylation sites is 2. The molecule has 17 rings (SSSR count). The van der Waals surface area contributed by atoms with Crippen LogP contribution in [0.25, 0.3) is 5.57 Å². The van der Waals surface area contributed by atoms with Crippen LogP contribution in [0, 0.1) is 11.8 Å². The fourth-order valence-electron chi connectivity index (χ4n) is 20.8. The minimum atomic E-state index is -0.655. The molecule has 150 heavy (non-hydrogen) atoms. The molecule has 7 aromatic carbocycles. The van der Waals surface area contributed by atoms with Crippen molar-refractivity contribution in [2.45, 2.75) is 138 Å². The summed E-state index contributed by atoms with van der Waals surface area (Å²) in [5.41, 5.74) is 18.4. The second-order valence-corrected chi connectivity index (χ2v) is 38.3. The van der Waals surface area contributed by atoms with Gasteiger partial charge in [-0.2, -0.15) is 0 Å². The number of esters is 5. The normalized spacial score (nSPS) is 19.3. The van der Waals surface area contributed by atoms with E-state index in [1.54, 1.807) is 86.9 Å². The van der Waals surface area contributed by atoms with Crippen molar-refractivity contribution in [3.05, 3.63) is 384 Å². The first-order valence-corrected chi connectivity index (χ1v) is 50.2. The molecule has 0 radical (unpaired) electrons. The fourth-order valence-corrected chi connectivity index (χ4v) is 20.8. The molecule has 0 saturated carbocycles. The van der Waals surface area contributed by atoms with Gasteiger partial charge in [0.05, 0.1) is 45.7 Å². The first kappa shape index (κ1) is 111. The summed E-state index contributed by atoms with van der Waals surface area (Å²) < 4.78 is 44.3. The number of rotatable bonds is 22. The van der Waals surface area contributed by atoms with Gasteiger partial charge in [0.15, 0.2) is 11.5 Å². The number of likely N-dealkylation sites (N-methyl/N-ethyl adjacent to an activating group) is 5. The van der Waals surface area contributed by atoms with Gasteiger partial charge >= 0.3 is 29.8 Å². The van der Waals surface area contributed by atoms with Crippen LogP contribution < -0.4 is 14.2 Å². The minimum absolute atomic E-state index is 0.0165. The van der Waals surface area contributed by atoms with Crippen molar-refractivity contribution in [3.8, 4) is 34.5 Å². The van der Waals surface area contributed by atoms with E-state index in [2.05, 4.69) is 46.7 Å². The Morgan fingerprint density at radius 2 is 0.587 bits per heavy atom. The van der Waals surface area contributed by atoms with E-state index in [4.69, 9.17) is 37.9 Å². The maximum atomic E-state index is 13.8. The van der Waals surface area contributed by atoms with Crippen LogP contribution in [0.1, 0.15) is 166 Å². The summed E-state index contributed by atoms with van der Waals surface area (Å²) in [7, 11) is 19.5. The van der Waals surface area contributed by atoms with Crippen molar-refractivity contribution in [2.75, 3.05) is 111 Å². The molecule has 5 unspecified atom stereocenters. The number of nitrogens with zero attached hydrogens (tertiary/aromatic N) is 10. The van der Waals surface area contributed by atoms with Crippen molar-refractivity contribution in [1.29, 1.82) is 0 Å². The molecule has 10 aliphatic rings. The molecule has 5 atom stereocenters. The van der Waals surface area contributed by atoms with Gasteiger partial charge in [-0.25, -0.2) is 24.0 Å². The molecule has 29 heteroatoms. The minimum Gasteiger partial charge on any atom is -0.504 e. The van der Waals surface area contributed by atoms with Gasteiger partial charge < -0.3 is 67.5 Å². The number of phenols is 1. The smallest absolute Gasteiger partial charge is 0.335 e. The van der Waals surface area contributed by atoms with E-state index in [-0.39, 0.29) is 78.7 Å². The summed E-state index contributed by atoms with van der Waals surface area (Å²) in [4.78, 5) is 149. The Morgan fingerprint density at radius 1 is 0.320 bits per heavy atom. The van der Waals surface area contributed by atoms with Crippen molar-refractivity contribution in [1.82, 2.24) is 49.0 Å². The molecule has 5 amide bonds. The highest BCUT2D eigenvalue weighted by molar-refractivity contribution is 6.10. The number of aromatic hydroxyl groups is 1. The number of carbonyl (C=O) groups is 10. The van der Waals surface area contributed by atoms with E-state index >= 15 is 0 Å². The number of benzene rings is 7. The third-order valence-electron chi connectivity index (χ3n) is 28.7. The van der Waals surface area contributed by atoms with E-state index in [9.17, 15) is 53.1 Å². The summed E-state index contributed by atoms with van der Waals surface area (Å²) >= 11 is 0. The Morgan fingerprint density at radius 3 is 0.920 bits per heavy atom. The van der Waals surface area contributed by atoms with Crippen molar-refractivity contribution in [2.24, 2.45) is 11.8 Å². The molecule has 5 aliphatic heterocycles. The van der Waals surface area contributed by atoms with E-state index in [0.717, 1.165) is 90.6 Å². The lowest BCUT2D eigenvalue weighted by molar-refractivity contribution is -0.140. The summed E-state index contributed by atoms with van der Waals surface area (Å²) in [6.07, 6.45) is 3.18. The van der Waals surface area contributed by atoms with Gasteiger partial charge in [-0.05, 0) is 169 Å². The molecule has 5 heterocycles. The van der Waals surface area contributed by atoms with Crippen LogP contribution in [-0.4, -0.2) is 224 Å². The highest BCUT2D eigenvalue weighted by Crippen LogP contribution is 2.55. The summed E-state index contributed by atoms with van der Waals surface area (Å²) in [6.45, 7) is 42.4. The van der Waals surface area contributed by atoms with Crippen molar-refractivity contribution >= 4 is 65.0 Å². The Balaban J connectivity index is 0.000000158. The lowest BCUT2D eigenvalue weighted by atomic mass is 9.73. The number of amides is 5. The number of hydrogen-bond acceptors (Lipinski definition) is 24. The highest BCUT2D eigenvalue weighted by Gasteiger charge is 2.51. The van der Waals surface area contributed by atoms with Crippen LogP contribution >= 0.6 is 0 Å². The molecule has 0 fully saturated rings. The number of hydrogen-bond donors (Lipinski definition) is 1. The molecule has 0 bridgehead atoms. The molecule has 0 spiro atoms. The van der Waals surface area contributed by atoms with Crippen LogP contribution in [0.15, 0.2) is 357 Å². The number of methoxy groups -OCH3 is 1. The largest absolute Gasteiger partial charge is 0.504 e. The predicted molar refractivity (Wildman–Crippen MR) is 575 cm³/mol. The summed E-state index contributed by atoms with van der Waals surface area (Å²) in [5.74, 6) is 1.10. The van der Waals surface area contributed by atoms with Crippen LogP contribution in [0.2, 0.25) is 0 Å². The van der Waals surface area contributed by atoms with Crippen LogP contribution in [0.5, 0.6) is 34.5 Å². The van der Waals surface area contributed by atoms with Crippen LogP contribution in [-0.2, 0) is 71.6 Å². The summed E-state index contributed by atoms with van der Waals surface area (Å²) in [5, 5.41) is 10.0. The molecular formula is C121H136N10O19. The molecule has 7 aromatic rings. The van der Waals surface area contributed by atoms with Gasteiger partial charge in [-0.1, -0.05) is 196 Å². The average Bonchev–Trinajstić information content (AvgIpc) is 0.716. The van der Waals surface area contributed by atoms with Gasteiger partial charge in [0.2, 0.25) is 0 Å². The quantitative estimate of drug-likeness (QED) is 0.0487. The topological polar surface area (TPSA) is 297 Å². The van der Waals surface area contributed by atoms with Crippen LogP contribution in [0.3, 0.4) is 0 Å². The second-order valence-electron chi connectivity index (χ2n) is 38.3. The van der Waals surface area contributed by atoms with Gasteiger partial charge in [0.25, 0.3) is 29.5 Å². The zero-order valence-corrected chi connectivity index (χ0v) is 89.9. The van der Waals surface area contributed by atoms with Crippen molar-refractivity contribution in [3.63, 3.8) is 0 Å². The molecule has 1 N–H and O–H groups in total. The van der Waals surface area contributed by atoms with E-state index in [0.29, 0.717) is 159 Å². The Bertz CT molecular complexity index is 6950. The maximum Gasteiger partial charge on any atom is 0.335 e. The third kappa shape index (κ3) is 22.2. The number of ether oxygens (including phenoxy) is 8. The third-order valence-corrected chi connectivity index (χ3v) is 28.7. The first-order chi connectivity index (χ1) is 71.5. The maximum absolute atomic E-state index is 13.8. The molecular weight excluding hydrogens is 1900 g/mol. The Kier molecular flexibility index (Phi) is 35.1. The number of carbonyl (C=O) groups excluding carboxylic acids is 10. The number of allylic oxidation sites excluding steroid dienone is 5. The lowest BCUT2D eigenvalue weighted by Crippen LogP contribution is -2.45. The van der Waals surface area contributed by atoms with E-state index < -0.39 is 41.6 Å². The molecule has 0 aromatic heterocycles. The van der Waals surface area contributed by atoms with E-state index in [1.165, 1.54) is 32.8 Å². The van der Waals surface area contributed by atoms with Gasteiger partial charge in [0.1, 0.15) is 52.1 Å². The van der Waals surface area contributed by atoms with Gasteiger partial charge in [-0.3, -0.25) is 48.5 Å². The van der Waals surface area contributed by atoms with Crippen molar-refractivity contribution < 1.29 is 90.9 Å². The van der Waals surface area contributed by atoms with Gasteiger partial charge in [-0.15, -0.1) is 0 Å². The van der Waals surface area contributed by atoms with Crippen LogP contribution in [0.4, 0.5) is 0 Å². The molecule has 0 saturated heterocycles. The fraction of sp³-hybridized carbons (Fsp3) is 0.322. The first-order valence-electron chi connectivity index (χ1n) is 50.2. The molecule has 784 valence electrons. The van der Waals surface area contributed by atoms with E-state index in [1.807, 2.05) is 257 Å². The average molecular weight is 2030 g/mol. The summed E-state index contributed by atoms with van der Waals surface area (Å²) in [6, 6.07) is 58.4. The highest BCUT2D eigenvalue weighted by atomic mass is 16.6. The molecule has 29 nitrogen and oxygen atoms in total. The lowest BCUT2D eigenvalue weighted by Gasteiger charge is -2.43. The second kappa shape index (κ2) is 47.6. The Labute approximate surface area is 879 Å². The van der Waals surface area contributed by atoms with Gasteiger partial charge in [0, 0.05) is 211 Å².